The van der Waals surface area contributed by atoms with Gasteiger partial charge in [0, 0.05) is 32.7 Å². The molecular formula is C31H40N2O7. The molecule has 0 spiro atoms. The second-order valence-electron chi connectivity index (χ2n) is 9.92. The van der Waals surface area contributed by atoms with E-state index in [1.54, 1.807) is 35.5 Å². The molecule has 0 bridgehead atoms. The lowest BCUT2D eigenvalue weighted by Gasteiger charge is -2.32. The average molecular weight is 553 g/mol. The van der Waals surface area contributed by atoms with Crippen molar-refractivity contribution in [3.63, 3.8) is 0 Å². The second-order valence-corrected chi connectivity index (χ2v) is 9.92. The lowest BCUT2D eigenvalue weighted by Crippen LogP contribution is -2.45. The smallest absolute Gasteiger partial charge is 0.310 e. The second kappa shape index (κ2) is 13.1. The van der Waals surface area contributed by atoms with Crippen LogP contribution in [-0.4, -0.2) is 97.7 Å². The fourth-order valence-corrected chi connectivity index (χ4v) is 5.24. The number of ether oxygens (including phenoxy) is 6. The Balaban J connectivity index is 1.65. The number of rotatable bonds is 11. The predicted molar refractivity (Wildman–Crippen MR) is 156 cm³/mol. The maximum Gasteiger partial charge on any atom is 0.310 e. The molecule has 0 atom stereocenters. The molecule has 0 saturated carbocycles. The van der Waals surface area contributed by atoms with Crippen molar-refractivity contribution >= 4 is 23.2 Å². The van der Waals surface area contributed by atoms with Crippen molar-refractivity contribution in [1.82, 2.24) is 9.80 Å². The molecule has 1 heterocycles. The van der Waals surface area contributed by atoms with E-state index in [0.717, 1.165) is 66.1 Å². The van der Waals surface area contributed by atoms with Crippen LogP contribution < -0.4 is 23.7 Å². The minimum absolute atomic E-state index is 0.156. The van der Waals surface area contributed by atoms with E-state index in [2.05, 4.69) is 22.9 Å². The highest BCUT2D eigenvalue weighted by Gasteiger charge is 2.28. The van der Waals surface area contributed by atoms with Crippen molar-refractivity contribution in [1.29, 1.82) is 0 Å². The van der Waals surface area contributed by atoms with Crippen LogP contribution in [0.25, 0.3) is 17.2 Å². The number of carbonyl (C=O) groups excluding carboxylic acids is 1. The highest BCUT2D eigenvalue weighted by atomic mass is 16.5. The van der Waals surface area contributed by atoms with Gasteiger partial charge in [-0.25, -0.2) is 0 Å². The van der Waals surface area contributed by atoms with Gasteiger partial charge in [-0.15, -0.1) is 0 Å². The van der Waals surface area contributed by atoms with Crippen LogP contribution in [0.3, 0.4) is 0 Å². The van der Waals surface area contributed by atoms with Gasteiger partial charge in [0.15, 0.2) is 23.0 Å². The van der Waals surface area contributed by atoms with Crippen LogP contribution in [0, 0.1) is 0 Å². The Hall–Kier alpha value is -3.69. The van der Waals surface area contributed by atoms with E-state index in [1.807, 2.05) is 31.2 Å². The number of nitrogens with zero attached hydrogens (tertiary/aromatic N) is 2. The molecule has 9 heteroatoms. The van der Waals surface area contributed by atoms with Gasteiger partial charge in [-0.1, -0.05) is 0 Å². The molecule has 4 rings (SSSR count). The van der Waals surface area contributed by atoms with E-state index >= 15 is 0 Å². The van der Waals surface area contributed by atoms with Crippen molar-refractivity contribution < 1.29 is 33.2 Å². The summed E-state index contributed by atoms with van der Waals surface area (Å²) in [7, 11) is 10.1. The predicted octanol–water partition coefficient (Wildman–Crippen LogP) is 4.24. The third kappa shape index (κ3) is 6.21. The summed E-state index contributed by atoms with van der Waals surface area (Å²) in [5, 5.41) is 0. The largest absolute Gasteiger partial charge is 0.493 e. The van der Waals surface area contributed by atoms with Gasteiger partial charge in [0.25, 0.3) is 0 Å². The van der Waals surface area contributed by atoms with Crippen LogP contribution in [-0.2, 0) is 9.53 Å². The maximum atomic E-state index is 13.0. The zero-order valence-corrected chi connectivity index (χ0v) is 24.6. The van der Waals surface area contributed by atoms with Crippen LogP contribution in [0.15, 0.2) is 29.8 Å². The van der Waals surface area contributed by atoms with Crippen molar-refractivity contribution in [3.05, 3.63) is 46.5 Å². The van der Waals surface area contributed by atoms with Gasteiger partial charge in [-0.05, 0) is 77.7 Å². The summed E-state index contributed by atoms with van der Waals surface area (Å²) in [6.45, 7) is 7.18. The molecular weight excluding hydrogens is 512 g/mol. The monoisotopic (exact) mass is 552 g/mol. The third-order valence-corrected chi connectivity index (χ3v) is 7.58. The van der Waals surface area contributed by atoms with Gasteiger partial charge in [0.05, 0.1) is 42.0 Å². The van der Waals surface area contributed by atoms with Gasteiger partial charge >= 0.3 is 5.97 Å². The molecule has 2 aromatic rings. The fraction of sp³-hybridized carbons (Fsp3) is 0.452. The van der Waals surface area contributed by atoms with Crippen LogP contribution in [0.1, 0.15) is 30.0 Å². The van der Waals surface area contributed by atoms with E-state index in [4.69, 9.17) is 28.4 Å². The summed E-state index contributed by atoms with van der Waals surface area (Å²) < 4.78 is 33.5. The molecule has 0 N–H and O–H groups in total. The van der Waals surface area contributed by atoms with E-state index in [9.17, 15) is 4.79 Å². The summed E-state index contributed by atoms with van der Waals surface area (Å²) in [4.78, 5) is 17.7. The van der Waals surface area contributed by atoms with Gasteiger partial charge in [-0.2, -0.15) is 0 Å². The van der Waals surface area contributed by atoms with Crippen LogP contribution in [0.4, 0.5) is 0 Å². The van der Waals surface area contributed by atoms with E-state index in [-0.39, 0.29) is 12.4 Å². The number of fused-ring (bicyclic) bond motifs is 1. The molecule has 40 heavy (non-hydrogen) atoms. The zero-order chi connectivity index (χ0) is 28.8. The number of carbonyl (C=O) groups is 1. The third-order valence-electron chi connectivity index (χ3n) is 7.58. The number of methoxy groups -OCH3 is 5. The summed E-state index contributed by atoms with van der Waals surface area (Å²) in [6, 6.07) is 7.67. The van der Waals surface area contributed by atoms with Crippen molar-refractivity contribution in [3.8, 4) is 28.7 Å². The zero-order valence-electron chi connectivity index (χ0n) is 24.6. The Morgan fingerprint density at radius 3 is 1.93 bits per heavy atom. The molecule has 0 aromatic heterocycles. The lowest BCUT2D eigenvalue weighted by atomic mass is 9.99. The lowest BCUT2D eigenvalue weighted by molar-refractivity contribution is -0.142. The molecule has 1 aliphatic carbocycles. The summed E-state index contributed by atoms with van der Waals surface area (Å²) >= 11 is 0. The molecule has 0 unspecified atom stereocenters. The average Bonchev–Trinajstić information content (AvgIpc) is 3.21. The number of likely N-dealkylation sites (N-methyl/N-ethyl adjacent to an activating group) is 1. The van der Waals surface area contributed by atoms with E-state index in [1.165, 1.54) is 0 Å². The molecule has 1 saturated heterocycles. The number of piperazine rings is 1. The molecule has 0 amide bonds. The van der Waals surface area contributed by atoms with Gasteiger partial charge in [-0.3, -0.25) is 9.69 Å². The maximum absolute atomic E-state index is 13.0. The highest BCUT2D eigenvalue weighted by molar-refractivity contribution is 6.08. The van der Waals surface area contributed by atoms with Crippen LogP contribution in [0.2, 0.25) is 0 Å². The first-order chi connectivity index (χ1) is 19.3. The number of allylic oxidation sites excluding steroid dienone is 2. The Kier molecular flexibility index (Phi) is 9.60. The molecule has 2 aromatic carbocycles. The van der Waals surface area contributed by atoms with Crippen molar-refractivity contribution in [2.24, 2.45) is 0 Å². The first kappa shape index (κ1) is 29.3. The molecule has 2 aliphatic rings. The fourth-order valence-electron chi connectivity index (χ4n) is 5.24. The summed E-state index contributed by atoms with van der Waals surface area (Å²) in [5.41, 5.74) is 5.58. The minimum atomic E-state index is -0.252. The first-order valence-corrected chi connectivity index (χ1v) is 13.4. The minimum Gasteiger partial charge on any atom is -0.493 e. The Labute approximate surface area is 236 Å². The summed E-state index contributed by atoms with van der Waals surface area (Å²) in [6.07, 6.45) is 2.21. The number of hydrogen-bond acceptors (Lipinski definition) is 9. The van der Waals surface area contributed by atoms with Gasteiger partial charge in [0.2, 0.25) is 5.75 Å². The first-order valence-electron chi connectivity index (χ1n) is 13.4. The number of hydrogen-bond donors (Lipinski definition) is 0. The van der Waals surface area contributed by atoms with Gasteiger partial charge in [0.1, 0.15) is 6.61 Å². The van der Waals surface area contributed by atoms with Crippen LogP contribution >= 0.6 is 0 Å². The summed E-state index contributed by atoms with van der Waals surface area (Å²) in [5.74, 6) is 2.61. The molecule has 1 aliphatic heterocycles. The Morgan fingerprint density at radius 2 is 1.38 bits per heavy atom. The van der Waals surface area contributed by atoms with E-state index < -0.39 is 0 Å². The van der Waals surface area contributed by atoms with Gasteiger partial charge < -0.3 is 33.3 Å². The number of esters is 1. The number of benzene rings is 2. The van der Waals surface area contributed by atoms with E-state index in [0.29, 0.717) is 35.4 Å². The van der Waals surface area contributed by atoms with Crippen molar-refractivity contribution in [2.45, 2.75) is 13.3 Å². The molecule has 216 valence electrons. The SMILES string of the molecule is COc1cc2c(cc1OC)/C(=C\c1cc(OC)c(OC)c(OC)c1)C(C)=C2CC(=O)OCCN1CCN(C)CC1. The highest BCUT2D eigenvalue weighted by Crippen LogP contribution is 2.48. The molecule has 0 radical (unpaired) electrons. The molecule has 1 fully saturated rings. The standard InChI is InChI=1S/C31H40N2O7/c1-20-22(14-21-15-28(37-5)31(39-7)29(16-21)38-6)24-17-26(35-3)27(36-4)18-25(24)23(20)19-30(34)40-13-12-33-10-8-32(2)9-11-33/h14-18H,8-13,19H2,1-7H3/b22-14-. The molecule has 9 nitrogen and oxygen atoms in total. The van der Waals surface area contributed by atoms with Crippen LogP contribution in [0.5, 0.6) is 28.7 Å². The Bertz CT molecular complexity index is 1270. The Morgan fingerprint density at radius 1 is 0.800 bits per heavy atom. The quantitative estimate of drug-likeness (QED) is 0.381. The topological polar surface area (TPSA) is 78.9 Å². The van der Waals surface area contributed by atoms with Crippen molar-refractivity contribution in [2.75, 3.05) is 81.9 Å². The normalized spacial score (nSPS) is 16.6.